The number of anilines is 1. The van der Waals surface area contributed by atoms with E-state index in [-0.39, 0.29) is 11.8 Å². The molecule has 0 aliphatic heterocycles. The molecular formula is C18H24N2OS. The van der Waals surface area contributed by atoms with Crippen LogP contribution in [0.3, 0.4) is 0 Å². The zero-order chi connectivity index (χ0) is 15.7. The highest BCUT2D eigenvalue weighted by Crippen LogP contribution is 2.38. The van der Waals surface area contributed by atoms with Gasteiger partial charge in [-0.3, -0.25) is 4.79 Å². The molecule has 1 aromatic carbocycles. The fourth-order valence-electron chi connectivity index (χ4n) is 3.67. The van der Waals surface area contributed by atoms with Gasteiger partial charge in [0.25, 0.3) is 0 Å². The second kappa shape index (κ2) is 6.37. The summed E-state index contributed by atoms with van der Waals surface area (Å²) in [7, 11) is 0. The normalized spacial score (nSPS) is 25.5. The number of hydrogen-bond acceptors (Lipinski definition) is 3. The van der Waals surface area contributed by atoms with Gasteiger partial charge in [-0.2, -0.15) is 0 Å². The Hall–Kier alpha value is -1.42. The van der Waals surface area contributed by atoms with Gasteiger partial charge in [0.05, 0.1) is 15.7 Å². The van der Waals surface area contributed by atoms with Crippen molar-refractivity contribution in [2.75, 3.05) is 5.32 Å². The number of rotatable bonds is 3. The van der Waals surface area contributed by atoms with E-state index in [9.17, 15) is 4.79 Å². The molecule has 1 aromatic heterocycles. The standard InChI is InChI=1S/C18H24N2OS/c1-11(2)14-6-4-12(3)8-15(14)18(21)20-13-5-7-16-17(9-13)22-10-19-16/h5,7,9-12,14-15H,4,6,8H2,1-3H3,(H,20,21). The molecule has 3 rings (SSSR count). The Bertz CT molecular complexity index is 664. The van der Waals surface area contributed by atoms with Gasteiger partial charge in [-0.15, -0.1) is 11.3 Å². The lowest BCUT2D eigenvalue weighted by Gasteiger charge is -2.36. The molecule has 3 unspecified atom stereocenters. The topological polar surface area (TPSA) is 42.0 Å². The number of benzene rings is 1. The summed E-state index contributed by atoms with van der Waals surface area (Å²) < 4.78 is 1.12. The summed E-state index contributed by atoms with van der Waals surface area (Å²) in [5.41, 5.74) is 3.73. The van der Waals surface area contributed by atoms with Crippen LogP contribution in [0.5, 0.6) is 0 Å². The van der Waals surface area contributed by atoms with E-state index in [1.165, 1.54) is 12.8 Å². The molecule has 1 heterocycles. The number of carbonyl (C=O) groups is 1. The van der Waals surface area contributed by atoms with Gasteiger partial charge >= 0.3 is 0 Å². The van der Waals surface area contributed by atoms with Crippen LogP contribution in [0.15, 0.2) is 23.7 Å². The molecule has 1 amide bonds. The summed E-state index contributed by atoms with van der Waals surface area (Å²) in [6, 6.07) is 5.96. The summed E-state index contributed by atoms with van der Waals surface area (Å²) in [5.74, 6) is 2.04. The first-order valence-electron chi connectivity index (χ1n) is 8.18. The highest BCUT2D eigenvalue weighted by atomic mass is 32.1. The Labute approximate surface area is 136 Å². The molecule has 1 aliphatic rings. The number of hydrogen-bond donors (Lipinski definition) is 1. The number of nitrogens with one attached hydrogen (secondary N) is 1. The fraction of sp³-hybridized carbons (Fsp3) is 0.556. The van der Waals surface area contributed by atoms with E-state index in [1.54, 1.807) is 11.3 Å². The predicted octanol–water partition coefficient (Wildman–Crippen LogP) is 4.94. The van der Waals surface area contributed by atoms with Gasteiger partial charge in [-0.1, -0.05) is 27.2 Å². The number of thiazole rings is 1. The molecule has 118 valence electrons. The monoisotopic (exact) mass is 316 g/mol. The van der Waals surface area contributed by atoms with Gasteiger partial charge in [0.15, 0.2) is 0 Å². The molecule has 1 fully saturated rings. The summed E-state index contributed by atoms with van der Waals surface area (Å²) >= 11 is 1.61. The van der Waals surface area contributed by atoms with Crippen molar-refractivity contribution >= 4 is 33.1 Å². The number of aromatic nitrogens is 1. The molecule has 3 nitrogen and oxygen atoms in total. The molecule has 2 aromatic rings. The zero-order valence-electron chi connectivity index (χ0n) is 13.5. The van der Waals surface area contributed by atoms with Gasteiger partial charge in [0.1, 0.15) is 0 Å². The van der Waals surface area contributed by atoms with Crippen molar-refractivity contribution in [2.24, 2.45) is 23.7 Å². The first kappa shape index (κ1) is 15.5. The van der Waals surface area contributed by atoms with Crippen molar-refractivity contribution in [3.8, 4) is 0 Å². The summed E-state index contributed by atoms with van der Waals surface area (Å²) in [6.07, 6.45) is 3.43. The maximum Gasteiger partial charge on any atom is 0.227 e. The van der Waals surface area contributed by atoms with Crippen molar-refractivity contribution in [3.05, 3.63) is 23.7 Å². The summed E-state index contributed by atoms with van der Waals surface area (Å²) in [5, 5.41) is 3.14. The Morgan fingerprint density at radius 3 is 2.95 bits per heavy atom. The maximum absolute atomic E-state index is 12.8. The Balaban J connectivity index is 1.76. The molecule has 0 spiro atoms. The first-order valence-corrected chi connectivity index (χ1v) is 9.06. The lowest BCUT2D eigenvalue weighted by molar-refractivity contribution is -0.123. The molecule has 4 heteroatoms. The van der Waals surface area contributed by atoms with E-state index < -0.39 is 0 Å². The Morgan fingerprint density at radius 2 is 2.18 bits per heavy atom. The van der Waals surface area contributed by atoms with Gasteiger partial charge in [-0.05, 0) is 48.8 Å². The van der Waals surface area contributed by atoms with E-state index in [0.717, 1.165) is 22.3 Å². The molecule has 0 bridgehead atoms. The van der Waals surface area contributed by atoms with Crippen molar-refractivity contribution in [1.29, 1.82) is 0 Å². The van der Waals surface area contributed by atoms with Crippen LogP contribution in [-0.4, -0.2) is 10.9 Å². The fourth-order valence-corrected chi connectivity index (χ4v) is 4.39. The van der Waals surface area contributed by atoms with Gasteiger partial charge in [-0.25, -0.2) is 4.98 Å². The first-order chi connectivity index (χ1) is 10.5. The molecular weight excluding hydrogens is 292 g/mol. The molecule has 22 heavy (non-hydrogen) atoms. The van der Waals surface area contributed by atoms with Crippen LogP contribution >= 0.6 is 11.3 Å². The maximum atomic E-state index is 12.8. The van der Waals surface area contributed by atoms with E-state index in [4.69, 9.17) is 0 Å². The minimum absolute atomic E-state index is 0.140. The molecule has 3 atom stereocenters. The van der Waals surface area contributed by atoms with E-state index >= 15 is 0 Å². The smallest absolute Gasteiger partial charge is 0.227 e. The van der Waals surface area contributed by atoms with Crippen LogP contribution in [0.1, 0.15) is 40.0 Å². The van der Waals surface area contributed by atoms with Crippen LogP contribution in [0.4, 0.5) is 5.69 Å². The average Bonchev–Trinajstić information content (AvgIpc) is 2.94. The largest absolute Gasteiger partial charge is 0.326 e. The highest BCUT2D eigenvalue weighted by Gasteiger charge is 2.35. The van der Waals surface area contributed by atoms with E-state index in [0.29, 0.717) is 17.8 Å². The van der Waals surface area contributed by atoms with Crippen molar-refractivity contribution < 1.29 is 4.79 Å². The molecule has 0 radical (unpaired) electrons. The van der Waals surface area contributed by atoms with Gasteiger partial charge in [0, 0.05) is 11.6 Å². The third kappa shape index (κ3) is 3.17. The average molecular weight is 316 g/mol. The summed E-state index contributed by atoms with van der Waals surface area (Å²) in [6.45, 7) is 6.74. The molecule has 0 saturated heterocycles. The van der Waals surface area contributed by atoms with E-state index in [1.807, 2.05) is 23.7 Å². The number of amides is 1. The van der Waals surface area contributed by atoms with Gasteiger partial charge < -0.3 is 5.32 Å². The van der Waals surface area contributed by atoms with Crippen LogP contribution < -0.4 is 5.32 Å². The third-order valence-electron chi connectivity index (χ3n) is 4.96. The number of fused-ring (bicyclic) bond motifs is 1. The minimum Gasteiger partial charge on any atom is -0.326 e. The van der Waals surface area contributed by atoms with Crippen LogP contribution in [0.25, 0.3) is 10.2 Å². The van der Waals surface area contributed by atoms with Crippen LogP contribution in [0, 0.1) is 23.7 Å². The Kier molecular flexibility index (Phi) is 4.48. The Morgan fingerprint density at radius 1 is 1.36 bits per heavy atom. The second-order valence-corrected chi connectivity index (χ2v) is 7.84. The van der Waals surface area contributed by atoms with Crippen molar-refractivity contribution in [2.45, 2.75) is 40.0 Å². The lowest BCUT2D eigenvalue weighted by Crippen LogP contribution is -2.36. The minimum atomic E-state index is 0.140. The van der Waals surface area contributed by atoms with E-state index in [2.05, 4.69) is 31.1 Å². The lowest BCUT2D eigenvalue weighted by atomic mass is 9.70. The highest BCUT2D eigenvalue weighted by molar-refractivity contribution is 7.16. The molecule has 1 aliphatic carbocycles. The predicted molar refractivity (Wildman–Crippen MR) is 93.1 cm³/mol. The number of nitrogens with zero attached hydrogens (tertiary/aromatic N) is 1. The second-order valence-electron chi connectivity index (χ2n) is 6.96. The number of carbonyl (C=O) groups excluding carboxylic acids is 1. The van der Waals surface area contributed by atoms with Crippen LogP contribution in [-0.2, 0) is 4.79 Å². The zero-order valence-corrected chi connectivity index (χ0v) is 14.3. The summed E-state index contributed by atoms with van der Waals surface area (Å²) in [4.78, 5) is 17.1. The van der Waals surface area contributed by atoms with Gasteiger partial charge in [0.2, 0.25) is 5.91 Å². The molecule has 1 saturated carbocycles. The van der Waals surface area contributed by atoms with Crippen LogP contribution in [0.2, 0.25) is 0 Å². The van der Waals surface area contributed by atoms with Crippen molar-refractivity contribution in [3.63, 3.8) is 0 Å². The SMILES string of the molecule is CC1CCC(C(C)C)C(C(=O)Nc2ccc3ncsc3c2)C1. The van der Waals surface area contributed by atoms with Crippen molar-refractivity contribution in [1.82, 2.24) is 4.98 Å². The third-order valence-corrected chi connectivity index (χ3v) is 5.75. The molecule has 1 N–H and O–H groups in total. The quantitative estimate of drug-likeness (QED) is 0.871.